The molecule has 1 aliphatic rings. The Labute approximate surface area is 115 Å². The van der Waals surface area contributed by atoms with E-state index in [1.165, 1.54) is 36.1 Å². The lowest BCUT2D eigenvalue weighted by Crippen LogP contribution is -2.02. The molecule has 0 aliphatic heterocycles. The van der Waals surface area contributed by atoms with E-state index in [4.69, 9.17) is 0 Å². The maximum absolute atomic E-state index is 3.57. The second-order valence-corrected chi connectivity index (χ2v) is 5.32. The van der Waals surface area contributed by atoms with Gasteiger partial charge in [0.05, 0.1) is 0 Å². The number of aryl methyl sites for hydroxylation is 3. The van der Waals surface area contributed by atoms with Crippen LogP contribution < -0.4 is 5.32 Å². The van der Waals surface area contributed by atoms with Crippen LogP contribution in [-0.4, -0.2) is 0 Å². The van der Waals surface area contributed by atoms with Crippen LogP contribution in [0.4, 0.5) is 5.69 Å². The van der Waals surface area contributed by atoms with Gasteiger partial charge < -0.3 is 5.32 Å². The van der Waals surface area contributed by atoms with Crippen molar-refractivity contribution in [3.63, 3.8) is 0 Å². The highest BCUT2D eigenvalue weighted by atomic mass is 14.9. The molecule has 0 atom stereocenters. The quantitative estimate of drug-likeness (QED) is 0.852. The van der Waals surface area contributed by atoms with Crippen LogP contribution in [0.3, 0.4) is 0 Å². The molecule has 0 saturated carbocycles. The van der Waals surface area contributed by atoms with E-state index >= 15 is 0 Å². The summed E-state index contributed by atoms with van der Waals surface area (Å²) in [4.78, 5) is 0. The Kier molecular flexibility index (Phi) is 3.54. The van der Waals surface area contributed by atoms with Crippen LogP contribution in [0.2, 0.25) is 0 Å². The first-order valence-corrected chi connectivity index (χ1v) is 7.29. The van der Waals surface area contributed by atoms with Gasteiger partial charge in [-0.15, -0.1) is 0 Å². The summed E-state index contributed by atoms with van der Waals surface area (Å²) in [6.45, 7) is 3.13. The minimum Gasteiger partial charge on any atom is -0.381 e. The molecule has 3 rings (SSSR count). The molecule has 0 radical (unpaired) electrons. The van der Waals surface area contributed by atoms with Gasteiger partial charge in [0.2, 0.25) is 0 Å². The number of benzene rings is 2. The standard InChI is InChI=1S/C18H21N/c1-2-15-6-3-4-9-18(15)19-13-14-10-11-16-7-5-8-17(16)12-14/h3-4,6,9-12,19H,2,5,7-8,13H2,1H3. The zero-order valence-electron chi connectivity index (χ0n) is 11.6. The van der Waals surface area contributed by atoms with E-state index in [2.05, 4.69) is 54.7 Å². The van der Waals surface area contributed by atoms with Gasteiger partial charge in [-0.2, -0.15) is 0 Å². The molecule has 1 nitrogen and oxygen atoms in total. The Balaban J connectivity index is 1.72. The molecule has 0 bridgehead atoms. The van der Waals surface area contributed by atoms with E-state index in [0.717, 1.165) is 13.0 Å². The minimum absolute atomic E-state index is 0.921. The number of nitrogens with one attached hydrogen (secondary N) is 1. The molecule has 2 aromatic rings. The monoisotopic (exact) mass is 251 g/mol. The topological polar surface area (TPSA) is 12.0 Å². The van der Waals surface area contributed by atoms with Crippen molar-refractivity contribution in [3.05, 3.63) is 64.7 Å². The molecule has 1 aliphatic carbocycles. The number of hydrogen-bond acceptors (Lipinski definition) is 1. The van der Waals surface area contributed by atoms with E-state index in [-0.39, 0.29) is 0 Å². The first-order valence-electron chi connectivity index (χ1n) is 7.29. The first-order chi connectivity index (χ1) is 9.36. The highest BCUT2D eigenvalue weighted by Gasteiger charge is 2.10. The molecule has 19 heavy (non-hydrogen) atoms. The average molecular weight is 251 g/mol. The van der Waals surface area contributed by atoms with Crippen LogP contribution >= 0.6 is 0 Å². The van der Waals surface area contributed by atoms with Gasteiger partial charge in [0.1, 0.15) is 0 Å². The molecule has 98 valence electrons. The molecular formula is C18H21N. The van der Waals surface area contributed by atoms with E-state index in [1.807, 2.05) is 0 Å². The van der Waals surface area contributed by atoms with E-state index in [9.17, 15) is 0 Å². The number of anilines is 1. The van der Waals surface area contributed by atoms with Crippen LogP contribution in [0.5, 0.6) is 0 Å². The average Bonchev–Trinajstić information content (AvgIpc) is 2.93. The van der Waals surface area contributed by atoms with Gasteiger partial charge in [-0.1, -0.05) is 43.3 Å². The molecule has 0 amide bonds. The first kappa shape index (κ1) is 12.3. The zero-order valence-corrected chi connectivity index (χ0v) is 11.6. The van der Waals surface area contributed by atoms with E-state index in [0.29, 0.717) is 0 Å². The summed E-state index contributed by atoms with van der Waals surface area (Å²) in [5, 5.41) is 3.57. The molecule has 1 heteroatoms. The molecule has 0 saturated heterocycles. The molecule has 0 unspecified atom stereocenters. The van der Waals surface area contributed by atoms with Crippen molar-refractivity contribution in [2.45, 2.75) is 39.2 Å². The van der Waals surface area contributed by atoms with Crippen molar-refractivity contribution in [2.75, 3.05) is 5.32 Å². The fraction of sp³-hybridized carbons (Fsp3) is 0.333. The Morgan fingerprint density at radius 1 is 1.00 bits per heavy atom. The second-order valence-electron chi connectivity index (χ2n) is 5.32. The number of para-hydroxylation sites is 1. The molecule has 1 N–H and O–H groups in total. The summed E-state index contributed by atoms with van der Waals surface area (Å²) in [5.74, 6) is 0. The van der Waals surface area contributed by atoms with E-state index < -0.39 is 0 Å². The third-order valence-electron chi connectivity index (χ3n) is 4.04. The zero-order chi connectivity index (χ0) is 13.1. The normalized spacial score (nSPS) is 13.3. The number of rotatable bonds is 4. The predicted octanol–water partition coefficient (Wildman–Crippen LogP) is 4.35. The van der Waals surface area contributed by atoms with Crippen LogP contribution in [0.15, 0.2) is 42.5 Å². The van der Waals surface area contributed by atoms with Gasteiger partial charge in [-0.25, -0.2) is 0 Å². The summed E-state index contributed by atoms with van der Waals surface area (Å²) < 4.78 is 0. The SMILES string of the molecule is CCc1ccccc1NCc1ccc2c(c1)CCC2. The summed E-state index contributed by atoms with van der Waals surface area (Å²) >= 11 is 0. The lowest BCUT2D eigenvalue weighted by molar-refractivity contribution is 0.911. The lowest BCUT2D eigenvalue weighted by Gasteiger charge is -2.11. The highest BCUT2D eigenvalue weighted by molar-refractivity contribution is 5.51. The Bertz CT molecular complexity index is 572. The van der Waals surface area contributed by atoms with Gasteiger partial charge in [-0.05, 0) is 54.0 Å². The van der Waals surface area contributed by atoms with Crippen molar-refractivity contribution in [1.29, 1.82) is 0 Å². The molecule has 2 aromatic carbocycles. The Morgan fingerprint density at radius 2 is 1.84 bits per heavy atom. The molecule has 0 spiro atoms. The van der Waals surface area contributed by atoms with Crippen molar-refractivity contribution < 1.29 is 0 Å². The van der Waals surface area contributed by atoms with Crippen molar-refractivity contribution in [2.24, 2.45) is 0 Å². The van der Waals surface area contributed by atoms with Gasteiger partial charge in [-0.3, -0.25) is 0 Å². The van der Waals surface area contributed by atoms with E-state index in [1.54, 1.807) is 11.1 Å². The van der Waals surface area contributed by atoms with Crippen molar-refractivity contribution in [1.82, 2.24) is 0 Å². The third kappa shape index (κ3) is 2.65. The lowest BCUT2D eigenvalue weighted by atomic mass is 10.1. The Hall–Kier alpha value is -1.76. The van der Waals surface area contributed by atoms with Gasteiger partial charge >= 0.3 is 0 Å². The molecule has 0 heterocycles. The smallest absolute Gasteiger partial charge is 0.0400 e. The minimum atomic E-state index is 0.921. The molecule has 0 aromatic heterocycles. The fourth-order valence-electron chi connectivity index (χ4n) is 2.93. The predicted molar refractivity (Wildman–Crippen MR) is 81.6 cm³/mol. The maximum atomic E-state index is 3.57. The summed E-state index contributed by atoms with van der Waals surface area (Å²) in [6.07, 6.45) is 4.93. The summed E-state index contributed by atoms with van der Waals surface area (Å²) in [7, 11) is 0. The Morgan fingerprint density at radius 3 is 2.74 bits per heavy atom. The summed E-state index contributed by atoms with van der Waals surface area (Å²) in [5.41, 5.74) is 7.17. The van der Waals surface area contributed by atoms with Gasteiger partial charge in [0.25, 0.3) is 0 Å². The van der Waals surface area contributed by atoms with Gasteiger partial charge in [0.15, 0.2) is 0 Å². The van der Waals surface area contributed by atoms with Gasteiger partial charge in [0, 0.05) is 12.2 Å². The highest BCUT2D eigenvalue weighted by Crippen LogP contribution is 2.23. The van der Waals surface area contributed by atoms with Crippen molar-refractivity contribution >= 4 is 5.69 Å². The fourth-order valence-corrected chi connectivity index (χ4v) is 2.93. The number of fused-ring (bicyclic) bond motifs is 1. The maximum Gasteiger partial charge on any atom is 0.0400 e. The summed E-state index contributed by atoms with van der Waals surface area (Å²) in [6, 6.07) is 15.5. The van der Waals surface area contributed by atoms with Crippen LogP contribution in [0.25, 0.3) is 0 Å². The molecule has 0 fully saturated rings. The van der Waals surface area contributed by atoms with Crippen LogP contribution in [0.1, 0.15) is 35.6 Å². The van der Waals surface area contributed by atoms with Crippen LogP contribution in [-0.2, 0) is 25.8 Å². The third-order valence-corrected chi connectivity index (χ3v) is 4.04. The largest absolute Gasteiger partial charge is 0.381 e. The number of hydrogen-bond donors (Lipinski definition) is 1. The molecular weight excluding hydrogens is 230 g/mol. The van der Waals surface area contributed by atoms with Crippen LogP contribution in [0, 0.1) is 0 Å². The van der Waals surface area contributed by atoms with Crippen molar-refractivity contribution in [3.8, 4) is 0 Å². The second kappa shape index (κ2) is 5.48.